The van der Waals surface area contributed by atoms with Crippen molar-refractivity contribution in [2.45, 2.75) is 13.8 Å². The number of carbonyl (C=O) groups is 3. The zero-order valence-electron chi connectivity index (χ0n) is 14.6. The minimum absolute atomic E-state index is 0.231. The number of benzene rings is 2. The van der Waals surface area contributed by atoms with E-state index in [1.54, 1.807) is 24.3 Å². The first-order chi connectivity index (χ1) is 12.9. The van der Waals surface area contributed by atoms with Crippen molar-refractivity contribution in [2.24, 2.45) is 0 Å². The number of thioether (sulfide) groups is 1. The Kier molecular flexibility index (Phi) is 4.20. The summed E-state index contributed by atoms with van der Waals surface area (Å²) < 4.78 is 0.364. The molecule has 2 aliphatic rings. The van der Waals surface area contributed by atoms with E-state index in [0.29, 0.717) is 21.3 Å². The highest BCUT2D eigenvalue weighted by atomic mass is 32.2. The van der Waals surface area contributed by atoms with Gasteiger partial charge in [0.2, 0.25) is 5.91 Å². The predicted octanol–water partition coefficient (Wildman–Crippen LogP) is 3.66. The lowest BCUT2D eigenvalue weighted by molar-refractivity contribution is -0.122. The molecule has 2 aromatic carbocycles. The van der Waals surface area contributed by atoms with E-state index < -0.39 is 11.8 Å². The zero-order chi connectivity index (χ0) is 19.3. The number of rotatable bonds is 1. The minimum atomic E-state index is -0.492. The molecule has 5 nitrogen and oxygen atoms in total. The fraction of sp³-hybridized carbons (Fsp3) is 0.100. The van der Waals surface area contributed by atoms with Crippen molar-refractivity contribution in [1.82, 2.24) is 0 Å². The van der Waals surface area contributed by atoms with E-state index in [-0.39, 0.29) is 16.4 Å². The second kappa shape index (κ2) is 6.44. The molecule has 0 aliphatic carbocycles. The van der Waals surface area contributed by atoms with Crippen molar-refractivity contribution >= 4 is 63.0 Å². The van der Waals surface area contributed by atoms with Crippen molar-refractivity contribution in [3.8, 4) is 0 Å². The van der Waals surface area contributed by atoms with Crippen LogP contribution in [0.5, 0.6) is 0 Å². The molecule has 2 aromatic rings. The van der Waals surface area contributed by atoms with Gasteiger partial charge >= 0.3 is 0 Å². The SMILES string of the molecule is CC(=O)N1C(=O)/C(=C2\SC(=S)N(c3ccccc3C)C2=O)c2ccccc21. The Balaban J connectivity index is 1.89. The second-order valence-corrected chi connectivity index (χ2v) is 7.82. The second-order valence-electron chi connectivity index (χ2n) is 6.18. The summed E-state index contributed by atoms with van der Waals surface area (Å²) in [5.74, 6) is -1.23. The largest absolute Gasteiger partial charge is 0.274 e. The number of hydrogen-bond donors (Lipinski definition) is 0. The van der Waals surface area contributed by atoms with E-state index in [1.165, 1.54) is 11.8 Å². The van der Waals surface area contributed by atoms with Crippen LogP contribution in [0.2, 0.25) is 0 Å². The summed E-state index contributed by atoms with van der Waals surface area (Å²) in [6, 6.07) is 14.4. The standard InChI is InChI=1S/C20H14N2O3S2/c1-11-7-3-5-9-14(11)22-19(25)17(27-20(22)26)16-13-8-4-6-10-15(13)21(12(2)23)18(16)24/h3-10H,1-2H3/b17-16-. The Morgan fingerprint density at radius 2 is 1.59 bits per heavy atom. The maximum Gasteiger partial charge on any atom is 0.271 e. The number of aryl methyl sites for hydroxylation is 1. The third-order valence-electron chi connectivity index (χ3n) is 4.50. The normalized spacial score (nSPS) is 19.1. The molecular weight excluding hydrogens is 380 g/mol. The zero-order valence-corrected chi connectivity index (χ0v) is 16.2. The van der Waals surface area contributed by atoms with Crippen LogP contribution in [0.4, 0.5) is 11.4 Å². The highest BCUT2D eigenvalue weighted by Crippen LogP contribution is 2.45. The van der Waals surface area contributed by atoms with E-state index in [1.807, 2.05) is 31.2 Å². The first-order valence-electron chi connectivity index (χ1n) is 8.22. The van der Waals surface area contributed by atoms with Crippen LogP contribution < -0.4 is 9.80 Å². The van der Waals surface area contributed by atoms with E-state index >= 15 is 0 Å². The van der Waals surface area contributed by atoms with Gasteiger partial charge in [0.05, 0.1) is 21.9 Å². The average molecular weight is 394 g/mol. The average Bonchev–Trinajstić information content (AvgIpc) is 3.08. The molecule has 27 heavy (non-hydrogen) atoms. The summed E-state index contributed by atoms with van der Waals surface area (Å²) >= 11 is 6.52. The molecule has 134 valence electrons. The van der Waals surface area contributed by atoms with Crippen LogP contribution in [0.15, 0.2) is 53.4 Å². The third kappa shape index (κ3) is 2.62. The molecule has 0 radical (unpaired) electrons. The van der Waals surface area contributed by atoms with E-state index in [2.05, 4.69) is 0 Å². The molecule has 4 rings (SSSR count). The molecule has 0 bridgehead atoms. The van der Waals surface area contributed by atoms with Crippen molar-refractivity contribution in [3.05, 3.63) is 64.6 Å². The van der Waals surface area contributed by atoms with Gasteiger partial charge in [0.15, 0.2) is 4.32 Å². The molecule has 0 N–H and O–H groups in total. The lowest BCUT2D eigenvalue weighted by atomic mass is 10.1. The number of imide groups is 1. The molecule has 0 saturated carbocycles. The number of amides is 3. The third-order valence-corrected chi connectivity index (χ3v) is 5.87. The Morgan fingerprint density at radius 1 is 0.963 bits per heavy atom. The number of carbonyl (C=O) groups excluding carboxylic acids is 3. The summed E-state index contributed by atoms with van der Waals surface area (Å²) in [6.45, 7) is 3.23. The Hall–Kier alpha value is -2.77. The molecule has 0 atom stereocenters. The molecule has 0 aromatic heterocycles. The monoisotopic (exact) mass is 394 g/mol. The molecule has 0 unspecified atom stereocenters. The van der Waals surface area contributed by atoms with E-state index in [4.69, 9.17) is 12.2 Å². The summed E-state index contributed by atoms with van der Waals surface area (Å²) in [6.07, 6.45) is 0. The van der Waals surface area contributed by atoms with Gasteiger partial charge in [-0.1, -0.05) is 60.4 Å². The Labute approximate surface area is 165 Å². The van der Waals surface area contributed by atoms with Crippen molar-refractivity contribution in [2.75, 3.05) is 9.80 Å². The highest BCUT2D eigenvalue weighted by Gasteiger charge is 2.43. The first-order valence-corrected chi connectivity index (χ1v) is 9.45. The van der Waals surface area contributed by atoms with Gasteiger partial charge in [-0.25, -0.2) is 4.90 Å². The van der Waals surface area contributed by atoms with Crippen molar-refractivity contribution < 1.29 is 14.4 Å². The summed E-state index contributed by atoms with van der Waals surface area (Å²) in [7, 11) is 0. The Morgan fingerprint density at radius 3 is 2.26 bits per heavy atom. The molecular formula is C20H14N2O3S2. The Bertz CT molecular complexity index is 1070. The predicted molar refractivity (Wildman–Crippen MR) is 110 cm³/mol. The van der Waals surface area contributed by atoms with Crippen LogP contribution in [-0.4, -0.2) is 22.0 Å². The number of nitrogens with zero attached hydrogens (tertiary/aromatic N) is 2. The molecule has 0 spiro atoms. The fourth-order valence-corrected chi connectivity index (χ4v) is 4.65. The molecule has 3 amide bonds. The number of para-hydroxylation sites is 2. The van der Waals surface area contributed by atoms with Crippen LogP contribution in [0.1, 0.15) is 18.1 Å². The number of fused-ring (bicyclic) bond motifs is 1. The smallest absolute Gasteiger partial charge is 0.271 e. The van der Waals surface area contributed by atoms with Gasteiger partial charge in [0, 0.05) is 12.5 Å². The summed E-state index contributed by atoms with van der Waals surface area (Å²) in [5.41, 5.74) is 2.89. The highest BCUT2D eigenvalue weighted by molar-refractivity contribution is 8.27. The topological polar surface area (TPSA) is 57.7 Å². The quantitative estimate of drug-likeness (QED) is 0.546. The van der Waals surface area contributed by atoms with Gasteiger partial charge in [-0.2, -0.15) is 0 Å². The molecule has 2 heterocycles. The maximum atomic E-state index is 13.2. The number of anilines is 2. The molecule has 7 heteroatoms. The van der Waals surface area contributed by atoms with E-state index in [9.17, 15) is 14.4 Å². The molecule has 1 saturated heterocycles. The lowest BCUT2D eigenvalue weighted by Gasteiger charge is -2.17. The summed E-state index contributed by atoms with van der Waals surface area (Å²) in [4.78, 5) is 41.0. The van der Waals surface area contributed by atoms with Gasteiger partial charge < -0.3 is 0 Å². The maximum absolute atomic E-state index is 13.2. The van der Waals surface area contributed by atoms with Gasteiger partial charge in [0.25, 0.3) is 11.8 Å². The van der Waals surface area contributed by atoms with Crippen LogP contribution in [0, 0.1) is 6.92 Å². The number of hydrogen-bond acceptors (Lipinski definition) is 5. The lowest BCUT2D eigenvalue weighted by Crippen LogP contribution is -2.32. The van der Waals surface area contributed by atoms with Crippen LogP contribution in [0.25, 0.3) is 5.57 Å². The van der Waals surface area contributed by atoms with Crippen molar-refractivity contribution in [1.29, 1.82) is 0 Å². The first kappa shape index (κ1) is 17.6. The van der Waals surface area contributed by atoms with Crippen LogP contribution >= 0.6 is 24.0 Å². The summed E-state index contributed by atoms with van der Waals surface area (Å²) in [5, 5.41) is 0. The van der Waals surface area contributed by atoms with Gasteiger partial charge in [-0.3, -0.25) is 19.3 Å². The van der Waals surface area contributed by atoms with E-state index in [0.717, 1.165) is 22.2 Å². The molecule has 2 aliphatic heterocycles. The fourth-order valence-electron chi connectivity index (χ4n) is 3.29. The minimum Gasteiger partial charge on any atom is -0.274 e. The van der Waals surface area contributed by atoms with Gasteiger partial charge in [-0.15, -0.1) is 0 Å². The number of thiocarbonyl (C=S) groups is 1. The van der Waals surface area contributed by atoms with Crippen molar-refractivity contribution in [3.63, 3.8) is 0 Å². The van der Waals surface area contributed by atoms with Crippen LogP contribution in [0.3, 0.4) is 0 Å². The van der Waals surface area contributed by atoms with Gasteiger partial charge in [-0.05, 0) is 24.6 Å². The van der Waals surface area contributed by atoms with Crippen LogP contribution in [-0.2, 0) is 14.4 Å². The molecule has 1 fully saturated rings. The van der Waals surface area contributed by atoms with Gasteiger partial charge in [0.1, 0.15) is 0 Å².